The zero-order valence-corrected chi connectivity index (χ0v) is 12.7. The molecule has 0 fully saturated rings. The molecule has 0 atom stereocenters. The van der Waals surface area contributed by atoms with Crippen LogP contribution in [0.2, 0.25) is 0 Å². The number of benzene rings is 3. The van der Waals surface area contributed by atoms with E-state index in [0.29, 0.717) is 5.92 Å². The van der Waals surface area contributed by atoms with Crippen molar-refractivity contribution in [2.75, 3.05) is 0 Å². The molecule has 22 heavy (non-hydrogen) atoms. The third-order valence-corrected chi connectivity index (χ3v) is 4.10. The van der Waals surface area contributed by atoms with E-state index in [2.05, 4.69) is 91.5 Å². The summed E-state index contributed by atoms with van der Waals surface area (Å²) in [4.78, 5) is 0. The fraction of sp³-hybridized carbons (Fsp3) is 0.0909. The molecule has 0 spiro atoms. The molecule has 0 aliphatic carbocycles. The van der Waals surface area contributed by atoms with Crippen molar-refractivity contribution in [2.24, 2.45) is 0 Å². The SMILES string of the molecule is C=Cc1ccccc1CC(c1ccccc1)c1ccccc1. The molecule has 0 bridgehead atoms. The van der Waals surface area contributed by atoms with Crippen LogP contribution < -0.4 is 0 Å². The Morgan fingerprint density at radius 1 is 0.682 bits per heavy atom. The highest BCUT2D eigenvalue weighted by Crippen LogP contribution is 2.29. The summed E-state index contributed by atoms with van der Waals surface area (Å²) in [7, 11) is 0. The van der Waals surface area contributed by atoms with E-state index >= 15 is 0 Å². The maximum absolute atomic E-state index is 3.94. The van der Waals surface area contributed by atoms with Crippen LogP contribution in [0.3, 0.4) is 0 Å². The highest BCUT2D eigenvalue weighted by molar-refractivity contribution is 5.52. The Morgan fingerprint density at radius 2 is 1.18 bits per heavy atom. The van der Waals surface area contributed by atoms with Gasteiger partial charge >= 0.3 is 0 Å². The lowest BCUT2D eigenvalue weighted by molar-refractivity contribution is 0.804. The van der Waals surface area contributed by atoms with E-state index in [1.807, 2.05) is 6.08 Å². The van der Waals surface area contributed by atoms with Gasteiger partial charge in [0, 0.05) is 5.92 Å². The predicted molar refractivity (Wildman–Crippen MR) is 95.0 cm³/mol. The van der Waals surface area contributed by atoms with Gasteiger partial charge in [-0.15, -0.1) is 0 Å². The summed E-state index contributed by atoms with van der Waals surface area (Å²) in [5.41, 5.74) is 5.27. The first-order chi connectivity index (χ1) is 10.9. The Balaban J connectivity index is 2.01. The molecule has 3 aromatic rings. The largest absolute Gasteiger partial charge is 0.0985 e. The van der Waals surface area contributed by atoms with Crippen LogP contribution in [-0.2, 0) is 6.42 Å². The maximum Gasteiger partial charge on any atom is 0.0130 e. The first-order valence-corrected chi connectivity index (χ1v) is 7.68. The smallest absolute Gasteiger partial charge is 0.0130 e. The standard InChI is InChI=1S/C22H20/c1-2-18-11-9-10-16-21(18)17-22(19-12-5-3-6-13-19)20-14-7-4-8-15-20/h2-16,22H,1,17H2. The van der Waals surface area contributed by atoms with Crippen molar-refractivity contribution in [3.8, 4) is 0 Å². The second-order valence-corrected chi connectivity index (χ2v) is 5.48. The molecule has 0 heteroatoms. The van der Waals surface area contributed by atoms with Crippen molar-refractivity contribution in [1.29, 1.82) is 0 Å². The Kier molecular flexibility index (Phi) is 4.50. The lowest BCUT2D eigenvalue weighted by Gasteiger charge is -2.19. The topological polar surface area (TPSA) is 0 Å². The molecule has 0 N–H and O–H groups in total. The van der Waals surface area contributed by atoms with Gasteiger partial charge in [0.25, 0.3) is 0 Å². The molecule has 0 heterocycles. The molecule has 0 nitrogen and oxygen atoms in total. The van der Waals surface area contributed by atoms with Gasteiger partial charge in [0.15, 0.2) is 0 Å². The average molecular weight is 284 g/mol. The Morgan fingerprint density at radius 3 is 1.73 bits per heavy atom. The monoisotopic (exact) mass is 284 g/mol. The summed E-state index contributed by atoms with van der Waals surface area (Å²) in [5, 5.41) is 0. The van der Waals surface area contributed by atoms with Gasteiger partial charge in [-0.1, -0.05) is 97.6 Å². The Bertz CT molecular complexity index is 687. The summed E-state index contributed by atoms with van der Waals surface area (Å²) in [5.74, 6) is 0.364. The van der Waals surface area contributed by atoms with Crippen molar-refractivity contribution in [3.05, 3.63) is 114 Å². The molecule has 0 saturated carbocycles. The second-order valence-electron chi connectivity index (χ2n) is 5.48. The van der Waals surface area contributed by atoms with Crippen LogP contribution in [0.25, 0.3) is 6.08 Å². The van der Waals surface area contributed by atoms with Crippen LogP contribution in [0, 0.1) is 0 Å². The van der Waals surface area contributed by atoms with Crippen LogP contribution in [0.15, 0.2) is 91.5 Å². The van der Waals surface area contributed by atoms with Gasteiger partial charge in [-0.3, -0.25) is 0 Å². The maximum atomic E-state index is 3.94. The third-order valence-electron chi connectivity index (χ3n) is 4.10. The molecule has 0 aliphatic rings. The molecular weight excluding hydrogens is 264 g/mol. The van der Waals surface area contributed by atoms with Crippen LogP contribution in [0.4, 0.5) is 0 Å². The van der Waals surface area contributed by atoms with E-state index in [9.17, 15) is 0 Å². The summed E-state index contributed by atoms with van der Waals surface area (Å²) >= 11 is 0. The fourth-order valence-corrected chi connectivity index (χ4v) is 2.94. The average Bonchev–Trinajstić information content (AvgIpc) is 2.61. The van der Waals surface area contributed by atoms with Gasteiger partial charge < -0.3 is 0 Å². The summed E-state index contributed by atoms with van der Waals surface area (Å²) in [6.07, 6.45) is 2.93. The van der Waals surface area contributed by atoms with Gasteiger partial charge in [-0.2, -0.15) is 0 Å². The van der Waals surface area contributed by atoms with Crippen molar-refractivity contribution in [1.82, 2.24) is 0 Å². The lowest BCUT2D eigenvalue weighted by atomic mass is 9.85. The summed E-state index contributed by atoms with van der Waals surface area (Å²) < 4.78 is 0. The molecular formula is C22H20. The Labute approximate surface area is 132 Å². The molecule has 0 saturated heterocycles. The minimum atomic E-state index is 0.364. The van der Waals surface area contributed by atoms with Crippen LogP contribution in [0.5, 0.6) is 0 Å². The number of rotatable bonds is 5. The fourth-order valence-electron chi connectivity index (χ4n) is 2.94. The van der Waals surface area contributed by atoms with E-state index in [1.54, 1.807) is 0 Å². The van der Waals surface area contributed by atoms with Gasteiger partial charge in [0.2, 0.25) is 0 Å². The molecule has 0 radical (unpaired) electrons. The second kappa shape index (κ2) is 6.91. The van der Waals surface area contributed by atoms with Gasteiger partial charge in [-0.05, 0) is 28.7 Å². The minimum absolute atomic E-state index is 0.364. The summed E-state index contributed by atoms with van der Waals surface area (Å²) in [6.45, 7) is 3.94. The molecule has 0 aliphatic heterocycles. The zero-order valence-electron chi connectivity index (χ0n) is 12.7. The zero-order chi connectivity index (χ0) is 15.2. The van der Waals surface area contributed by atoms with E-state index in [-0.39, 0.29) is 0 Å². The molecule has 3 aromatic carbocycles. The van der Waals surface area contributed by atoms with Crippen molar-refractivity contribution in [2.45, 2.75) is 12.3 Å². The predicted octanol–water partition coefficient (Wildman–Crippen LogP) is 5.70. The normalized spacial score (nSPS) is 10.6. The molecule has 108 valence electrons. The Hall–Kier alpha value is -2.60. The van der Waals surface area contributed by atoms with Gasteiger partial charge in [0.1, 0.15) is 0 Å². The van der Waals surface area contributed by atoms with Gasteiger partial charge in [0.05, 0.1) is 0 Å². The van der Waals surface area contributed by atoms with Crippen molar-refractivity contribution >= 4 is 6.08 Å². The van der Waals surface area contributed by atoms with Crippen molar-refractivity contribution < 1.29 is 0 Å². The van der Waals surface area contributed by atoms with Crippen LogP contribution >= 0.6 is 0 Å². The quantitative estimate of drug-likeness (QED) is 0.563. The minimum Gasteiger partial charge on any atom is -0.0985 e. The van der Waals surface area contributed by atoms with E-state index in [1.165, 1.54) is 22.3 Å². The molecule has 0 unspecified atom stereocenters. The van der Waals surface area contributed by atoms with Crippen LogP contribution in [0.1, 0.15) is 28.2 Å². The highest BCUT2D eigenvalue weighted by Gasteiger charge is 2.15. The van der Waals surface area contributed by atoms with Crippen molar-refractivity contribution in [3.63, 3.8) is 0 Å². The summed E-state index contributed by atoms with van der Waals surface area (Å²) in [6, 6.07) is 30.0. The van der Waals surface area contributed by atoms with Crippen LogP contribution in [-0.4, -0.2) is 0 Å². The lowest BCUT2D eigenvalue weighted by Crippen LogP contribution is -2.06. The highest BCUT2D eigenvalue weighted by atomic mass is 14.2. The first kappa shape index (κ1) is 14.3. The number of hydrogen-bond donors (Lipinski definition) is 0. The van der Waals surface area contributed by atoms with Gasteiger partial charge in [-0.25, -0.2) is 0 Å². The number of hydrogen-bond acceptors (Lipinski definition) is 0. The molecule has 3 rings (SSSR count). The van der Waals surface area contributed by atoms with E-state index < -0.39 is 0 Å². The first-order valence-electron chi connectivity index (χ1n) is 7.68. The molecule has 0 aromatic heterocycles. The van der Waals surface area contributed by atoms with E-state index in [0.717, 1.165) is 6.42 Å². The van der Waals surface area contributed by atoms with E-state index in [4.69, 9.17) is 0 Å². The molecule has 0 amide bonds. The third kappa shape index (κ3) is 3.17.